The number of nitrogens with zero attached hydrogens (tertiary/aromatic N) is 1. The first-order valence-corrected chi connectivity index (χ1v) is 6.59. The van der Waals surface area contributed by atoms with E-state index in [9.17, 15) is 4.79 Å². The van der Waals surface area contributed by atoms with Crippen LogP contribution in [-0.4, -0.2) is 10.8 Å². The molecule has 15 heavy (non-hydrogen) atoms. The lowest BCUT2D eigenvalue weighted by Gasteiger charge is -1.98. The van der Waals surface area contributed by atoms with Crippen LogP contribution in [-0.2, 0) is 0 Å². The second-order valence-corrected chi connectivity index (χ2v) is 5.34. The second kappa shape index (κ2) is 4.55. The van der Waals surface area contributed by atoms with Gasteiger partial charge in [-0.05, 0) is 44.0 Å². The van der Waals surface area contributed by atoms with Crippen molar-refractivity contribution >= 4 is 49.0 Å². The molecule has 0 saturated heterocycles. The highest BCUT2D eigenvalue weighted by atomic mass is 79.9. The van der Waals surface area contributed by atoms with E-state index in [1.165, 1.54) is 11.3 Å². The van der Waals surface area contributed by atoms with Crippen molar-refractivity contribution in [1.82, 2.24) is 4.98 Å². The number of thiophene rings is 1. The van der Waals surface area contributed by atoms with Crippen LogP contribution in [0.1, 0.15) is 16.1 Å². The summed E-state index contributed by atoms with van der Waals surface area (Å²) in [4.78, 5) is 16.0. The van der Waals surface area contributed by atoms with Crippen LogP contribution < -0.4 is 0 Å². The van der Waals surface area contributed by atoms with Crippen molar-refractivity contribution in [3.05, 3.63) is 49.3 Å². The molecule has 0 aromatic carbocycles. The van der Waals surface area contributed by atoms with E-state index in [2.05, 4.69) is 36.8 Å². The third-order valence-corrected chi connectivity index (χ3v) is 3.99. The molecule has 2 heterocycles. The maximum Gasteiger partial charge on any atom is 0.213 e. The number of ketones is 1. The monoisotopic (exact) mass is 345 g/mol. The minimum Gasteiger partial charge on any atom is -0.287 e. The number of carbonyl (C=O) groups excluding carboxylic acids is 1. The van der Waals surface area contributed by atoms with Crippen molar-refractivity contribution in [2.24, 2.45) is 0 Å². The quantitative estimate of drug-likeness (QED) is 0.772. The number of rotatable bonds is 2. The predicted molar refractivity (Wildman–Crippen MR) is 67.4 cm³/mol. The first-order valence-electron chi connectivity index (χ1n) is 4.06. The molecule has 0 aliphatic rings. The van der Waals surface area contributed by atoms with Crippen molar-refractivity contribution in [3.8, 4) is 0 Å². The summed E-state index contributed by atoms with van der Waals surface area (Å²) >= 11 is 8.10. The van der Waals surface area contributed by atoms with Gasteiger partial charge in [0.15, 0.2) is 0 Å². The summed E-state index contributed by atoms with van der Waals surface area (Å²) in [7, 11) is 0. The number of pyridine rings is 1. The van der Waals surface area contributed by atoms with Gasteiger partial charge in [-0.15, -0.1) is 0 Å². The van der Waals surface area contributed by atoms with Crippen LogP contribution >= 0.6 is 43.2 Å². The molecular weight excluding hydrogens is 342 g/mol. The Balaban J connectivity index is 2.37. The van der Waals surface area contributed by atoms with Gasteiger partial charge in [-0.1, -0.05) is 0 Å². The van der Waals surface area contributed by atoms with Crippen molar-refractivity contribution < 1.29 is 4.79 Å². The lowest BCUT2D eigenvalue weighted by atomic mass is 10.1. The van der Waals surface area contributed by atoms with Crippen LogP contribution in [0.25, 0.3) is 0 Å². The van der Waals surface area contributed by atoms with Crippen LogP contribution in [0.5, 0.6) is 0 Å². The van der Waals surface area contributed by atoms with Crippen molar-refractivity contribution in [2.75, 3.05) is 0 Å². The highest BCUT2D eigenvalue weighted by molar-refractivity contribution is 9.10. The van der Waals surface area contributed by atoms with Crippen LogP contribution in [0.4, 0.5) is 0 Å². The molecule has 0 N–H and O–H groups in total. The summed E-state index contributed by atoms with van der Waals surface area (Å²) < 4.78 is 1.69. The Morgan fingerprint density at radius 2 is 2.07 bits per heavy atom. The molecule has 76 valence electrons. The molecule has 0 atom stereocenters. The van der Waals surface area contributed by atoms with Gasteiger partial charge in [0.25, 0.3) is 0 Å². The molecule has 0 aliphatic carbocycles. The highest BCUT2D eigenvalue weighted by Gasteiger charge is 2.14. The Kier molecular flexibility index (Phi) is 3.33. The van der Waals surface area contributed by atoms with Gasteiger partial charge >= 0.3 is 0 Å². The molecule has 0 radical (unpaired) electrons. The Morgan fingerprint density at radius 1 is 1.27 bits per heavy atom. The Labute approximate surface area is 108 Å². The van der Waals surface area contributed by atoms with E-state index in [0.717, 1.165) is 8.95 Å². The molecule has 2 rings (SSSR count). The number of hydrogen-bond donors (Lipinski definition) is 0. The molecule has 0 spiro atoms. The van der Waals surface area contributed by atoms with Crippen molar-refractivity contribution in [2.45, 2.75) is 0 Å². The Bertz CT molecular complexity index is 492. The largest absolute Gasteiger partial charge is 0.287 e. The summed E-state index contributed by atoms with van der Waals surface area (Å²) in [6.45, 7) is 0. The van der Waals surface area contributed by atoms with Crippen molar-refractivity contribution in [1.29, 1.82) is 0 Å². The summed E-state index contributed by atoms with van der Waals surface area (Å²) in [6.07, 6.45) is 1.62. The molecule has 0 amide bonds. The normalized spacial score (nSPS) is 10.3. The third kappa shape index (κ3) is 2.35. The molecule has 2 aromatic rings. The zero-order valence-corrected chi connectivity index (χ0v) is 11.4. The van der Waals surface area contributed by atoms with Gasteiger partial charge < -0.3 is 0 Å². The van der Waals surface area contributed by atoms with Crippen LogP contribution in [0.15, 0.2) is 38.0 Å². The Morgan fingerprint density at radius 3 is 2.60 bits per heavy atom. The molecule has 0 bridgehead atoms. The molecule has 0 saturated carbocycles. The number of carbonyl (C=O) groups is 1. The van der Waals surface area contributed by atoms with Crippen molar-refractivity contribution in [3.63, 3.8) is 0 Å². The molecule has 0 aliphatic heterocycles. The number of halogens is 2. The van der Waals surface area contributed by atoms with Gasteiger partial charge in [0.2, 0.25) is 5.78 Å². The Hall–Kier alpha value is -0.520. The van der Waals surface area contributed by atoms with Gasteiger partial charge in [-0.3, -0.25) is 9.78 Å². The zero-order chi connectivity index (χ0) is 10.8. The van der Waals surface area contributed by atoms with Gasteiger partial charge in [0.05, 0.1) is 0 Å². The van der Waals surface area contributed by atoms with E-state index < -0.39 is 0 Å². The fourth-order valence-electron chi connectivity index (χ4n) is 1.09. The van der Waals surface area contributed by atoms with E-state index in [1.54, 1.807) is 18.3 Å². The van der Waals surface area contributed by atoms with E-state index in [4.69, 9.17) is 0 Å². The number of aromatic nitrogens is 1. The number of hydrogen-bond acceptors (Lipinski definition) is 3. The smallest absolute Gasteiger partial charge is 0.213 e. The third-order valence-electron chi connectivity index (χ3n) is 1.82. The lowest BCUT2D eigenvalue weighted by Crippen LogP contribution is -2.02. The standard InChI is InChI=1S/C10H5Br2NOS/c11-6-1-2-9(13-3-6)10(14)7-4-15-5-8(7)12/h1-5H. The summed E-state index contributed by atoms with van der Waals surface area (Å²) in [5.74, 6) is -0.0596. The first kappa shape index (κ1) is 11.0. The van der Waals surface area contributed by atoms with Gasteiger partial charge in [0, 0.05) is 31.5 Å². The summed E-state index contributed by atoms with van der Waals surface area (Å²) in [5.41, 5.74) is 1.12. The van der Waals surface area contributed by atoms with Gasteiger partial charge in [-0.2, -0.15) is 11.3 Å². The maximum atomic E-state index is 11.9. The fraction of sp³-hybridized carbons (Fsp3) is 0. The van der Waals surface area contributed by atoms with Crippen LogP contribution in [0.2, 0.25) is 0 Å². The summed E-state index contributed by atoms with van der Waals surface area (Å²) in [5, 5.41) is 3.70. The highest BCUT2D eigenvalue weighted by Crippen LogP contribution is 2.23. The van der Waals surface area contributed by atoms with E-state index >= 15 is 0 Å². The van der Waals surface area contributed by atoms with Gasteiger partial charge in [-0.25, -0.2) is 0 Å². The molecule has 5 heteroatoms. The lowest BCUT2D eigenvalue weighted by molar-refractivity contribution is 0.103. The molecule has 2 nitrogen and oxygen atoms in total. The first-order chi connectivity index (χ1) is 7.18. The second-order valence-electron chi connectivity index (χ2n) is 2.82. The summed E-state index contributed by atoms with van der Waals surface area (Å²) in [6, 6.07) is 3.51. The van der Waals surface area contributed by atoms with E-state index in [0.29, 0.717) is 11.3 Å². The molecule has 2 aromatic heterocycles. The topological polar surface area (TPSA) is 30.0 Å². The molecule has 0 fully saturated rings. The molecular formula is C10H5Br2NOS. The van der Waals surface area contributed by atoms with Crippen LogP contribution in [0, 0.1) is 0 Å². The fourth-order valence-corrected chi connectivity index (χ4v) is 2.78. The predicted octanol–water partition coefficient (Wildman–Crippen LogP) is 3.90. The minimum atomic E-state index is -0.0596. The average Bonchev–Trinajstić information content (AvgIpc) is 2.65. The maximum absolute atomic E-state index is 11.9. The minimum absolute atomic E-state index is 0.0596. The molecule has 0 unspecified atom stereocenters. The van der Waals surface area contributed by atoms with E-state index in [1.807, 2.05) is 10.8 Å². The van der Waals surface area contributed by atoms with Crippen LogP contribution in [0.3, 0.4) is 0 Å². The SMILES string of the molecule is O=C(c1ccc(Br)cn1)c1cscc1Br. The van der Waals surface area contributed by atoms with Gasteiger partial charge in [0.1, 0.15) is 5.69 Å². The average molecular weight is 347 g/mol. The van der Waals surface area contributed by atoms with E-state index in [-0.39, 0.29) is 5.78 Å². The zero-order valence-electron chi connectivity index (χ0n) is 7.41.